The minimum atomic E-state index is -0.316. The number of methoxy groups -OCH3 is 1. The van der Waals surface area contributed by atoms with Gasteiger partial charge in [-0.2, -0.15) is 0 Å². The van der Waals surface area contributed by atoms with Gasteiger partial charge >= 0.3 is 6.03 Å². The Morgan fingerprint density at radius 2 is 1.74 bits per heavy atom. The number of hydrogen-bond acceptors (Lipinski definition) is 3. The van der Waals surface area contributed by atoms with Crippen molar-refractivity contribution in [3.05, 3.63) is 54.1 Å². The molecular weight excluding hydrogens is 294 g/mol. The average molecular weight is 313 g/mol. The molecule has 2 rings (SSSR count). The van der Waals surface area contributed by atoms with Crippen LogP contribution in [-0.4, -0.2) is 19.0 Å². The topological polar surface area (TPSA) is 79.5 Å². The standard InChI is InChI=1S/C17H19N3O3/c1-12(21)19-15-8-9-16(23-2)13(10-15)11-18-17(22)20-14-6-4-3-5-7-14/h3-10H,11H2,1-2H3,(H,19,21)(H2,18,20,22). The second-order valence-corrected chi connectivity index (χ2v) is 4.88. The van der Waals surface area contributed by atoms with Crippen LogP contribution in [0.15, 0.2) is 48.5 Å². The molecule has 0 aliphatic rings. The highest BCUT2D eigenvalue weighted by molar-refractivity contribution is 5.90. The van der Waals surface area contributed by atoms with E-state index in [0.29, 0.717) is 17.1 Å². The lowest BCUT2D eigenvalue weighted by Crippen LogP contribution is -2.28. The van der Waals surface area contributed by atoms with Crippen molar-refractivity contribution in [1.29, 1.82) is 0 Å². The predicted octanol–water partition coefficient (Wildman–Crippen LogP) is 2.98. The normalized spacial score (nSPS) is 9.83. The van der Waals surface area contributed by atoms with Crippen LogP contribution in [-0.2, 0) is 11.3 Å². The number of rotatable bonds is 5. The number of para-hydroxylation sites is 1. The monoisotopic (exact) mass is 313 g/mol. The first-order chi connectivity index (χ1) is 11.1. The molecule has 0 spiro atoms. The van der Waals surface area contributed by atoms with Gasteiger partial charge in [0, 0.05) is 30.4 Å². The molecule has 2 aromatic carbocycles. The first-order valence-electron chi connectivity index (χ1n) is 7.13. The molecule has 23 heavy (non-hydrogen) atoms. The molecule has 0 heterocycles. The van der Waals surface area contributed by atoms with E-state index in [1.807, 2.05) is 18.2 Å². The molecule has 6 nitrogen and oxygen atoms in total. The number of hydrogen-bond donors (Lipinski definition) is 3. The molecule has 0 aliphatic heterocycles. The van der Waals surface area contributed by atoms with Crippen molar-refractivity contribution in [3.8, 4) is 5.75 Å². The summed E-state index contributed by atoms with van der Waals surface area (Å²) in [6.07, 6.45) is 0. The van der Waals surface area contributed by atoms with Crippen molar-refractivity contribution < 1.29 is 14.3 Å². The minimum absolute atomic E-state index is 0.157. The molecule has 6 heteroatoms. The Kier molecular flexibility index (Phi) is 5.57. The van der Waals surface area contributed by atoms with E-state index in [1.54, 1.807) is 37.4 Å². The van der Waals surface area contributed by atoms with Crippen molar-refractivity contribution in [1.82, 2.24) is 5.32 Å². The number of nitrogens with one attached hydrogen (secondary N) is 3. The first-order valence-corrected chi connectivity index (χ1v) is 7.13. The number of amides is 3. The van der Waals surface area contributed by atoms with Crippen LogP contribution in [0.25, 0.3) is 0 Å². The Hall–Kier alpha value is -3.02. The van der Waals surface area contributed by atoms with Crippen LogP contribution in [0.5, 0.6) is 5.75 Å². The van der Waals surface area contributed by atoms with Crippen molar-refractivity contribution in [2.75, 3.05) is 17.7 Å². The molecule has 2 aromatic rings. The van der Waals surface area contributed by atoms with E-state index < -0.39 is 0 Å². The molecule has 3 amide bonds. The highest BCUT2D eigenvalue weighted by Crippen LogP contribution is 2.22. The zero-order chi connectivity index (χ0) is 16.7. The molecule has 0 aliphatic carbocycles. The Bertz CT molecular complexity index is 687. The third-order valence-electron chi connectivity index (χ3n) is 3.07. The number of benzene rings is 2. The largest absolute Gasteiger partial charge is 0.496 e. The third kappa shape index (κ3) is 5.03. The van der Waals surface area contributed by atoms with Gasteiger partial charge in [-0.15, -0.1) is 0 Å². The summed E-state index contributed by atoms with van der Waals surface area (Å²) >= 11 is 0. The molecule has 0 unspecified atom stereocenters. The van der Waals surface area contributed by atoms with Crippen molar-refractivity contribution in [2.45, 2.75) is 13.5 Å². The molecule has 0 bridgehead atoms. The van der Waals surface area contributed by atoms with Gasteiger partial charge in [-0.25, -0.2) is 4.79 Å². The zero-order valence-corrected chi connectivity index (χ0v) is 13.1. The summed E-state index contributed by atoms with van der Waals surface area (Å²) in [6.45, 7) is 1.71. The van der Waals surface area contributed by atoms with Crippen LogP contribution < -0.4 is 20.7 Å². The Balaban J connectivity index is 2.00. The summed E-state index contributed by atoms with van der Waals surface area (Å²) < 4.78 is 5.27. The van der Waals surface area contributed by atoms with E-state index >= 15 is 0 Å². The van der Waals surface area contributed by atoms with Gasteiger partial charge in [-0.3, -0.25) is 4.79 Å². The van der Waals surface area contributed by atoms with E-state index in [4.69, 9.17) is 4.74 Å². The number of ether oxygens (including phenoxy) is 1. The van der Waals surface area contributed by atoms with Crippen LogP contribution in [0, 0.1) is 0 Å². The molecule has 0 saturated carbocycles. The summed E-state index contributed by atoms with van der Waals surface area (Å²) in [5.41, 5.74) is 2.13. The Labute approximate surface area is 134 Å². The molecule has 0 atom stereocenters. The molecule has 120 valence electrons. The van der Waals surface area contributed by atoms with Gasteiger partial charge < -0.3 is 20.7 Å². The van der Waals surface area contributed by atoms with Crippen LogP contribution in [0.4, 0.5) is 16.2 Å². The first kappa shape index (κ1) is 16.4. The Morgan fingerprint density at radius 1 is 1.00 bits per heavy atom. The molecule has 0 saturated heterocycles. The minimum Gasteiger partial charge on any atom is -0.496 e. The molecule has 3 N–H and O–H groups in total. The Morgan fingerprint density at radius 3 is 2.39 bits per heavy atom. The van der Waals surface area contributed by atoms with E-state index in [2.05, 4.69) is 16.0 Å². The highest BCUT2D eigenvalue weighted by atomic mass is 16.5. The van der Waals surface area contributed by atoms with Crippen LogP contribution in [0.3, 0.4) is 0 Å². The van der Waals surface area contributed by atoms with Gasteiger partial charge in [0.25, 0.3) is 0 Å². The maximum absolute atomic E-state index is 11.9. The SMILES string of the molecule is COc1ccc(NC(C)=O)cc1CNC(=O)Nc1ccccc1. The smallest absolute Gasteiger partial charge is 0.319 e. The van der Waals surface area contributed by atoms with E-state index in [9.17, 15) is 9.59 Å². The number of carbonyl (C=O) groups is 2. The maximum Gasteiger partial charge on any atom is 0.319 e. The number of carbonyl (C=O) groups excluding carboxylic acids is 2. The van der Waals surface area contributed by atoms with Crippen LogP contribution in [0.2, 0.25) is 0 Å². The summed E-state index contributed by atoms with van der Waals surface area (Å²) in [6, 6.07) is 14.1. The summed E-state index contributed by atoms with van der Waals surface area (Å²) in [5.74, 6) is 0.481. The molecular formula is C17H19N3O3. The summed E-state index contributed by atoms with van der Waals surface area (Å²) in [4.78, 5) is 23.0. The van der Waals surface area contributed by atoms with Crippen molar-refractivity contribution >= 4 is 23.3 Å². The van der Waals surface area contributed by atoms with Crippen LogP contribution in [0.1, 0.15) is 12.5 Å². The second-order valence-electron chi connectivity index (χ2n) is 4.88. The van der Waals surface area contributed by atoms with E-state index in [-0.39, 0.29) is 18.5 Å². The van der Waals surface area contributed by atoms with Gasteiger partial charge in [0.15, 0.2) is 0 Å². The van der Waals surface area contributed by atoms with Gasteiger partial charge in [0.2, 0.25) is 5.91 Å². The lowest BCUT2D eigenvalue weighted by Gasteiger charge is -2.12. The third-order valence-corrected chi connectivity index (χ3v) is 3.07. The average Bonchev–Trinajstić information content (AvgIpc) is 2.53. The fourth-order valence-corrected chi connectivity index (χ4v) is 2.07. The highest BCUT2D eigenvalue weighted by Gasteiger charge is 2.08. The molecule has 0 fully saturated rings. The quantitative estimate of drug-likeness (QED) is 0.794. The molecule has 0 aromatic heterocycles. The fraction of sp³-hybridized carbons (Fsp3) is 0.176. The van der Waals surface area contributed by atoms with Crippen molar-refractivity contribution in [2.24, 2.45) is 0 Å². The van der Waals surface area contributed by atoms with Crippen molar-refractivity contribution in [3.63, 3.8) is 0 Å². The van der Waals surface area contributed by atoms with Gasteiger partial charge in [0.1, 0.15) is 5.75 Å². The number of anilines is 2. The summed E-state index contributed by atoms with van der Waals surface area (Å²) in [5, 5.41) is 8.20. The van der Waals surface area contributed by atoms with E-state index in [0.717, 1.165) is 5.56 Å². The summed E-state index contributed by atoms with van der Waals surface area (Å²) in [7, 11) is 1.56. The number of urea groups is 1. The fourth-order valence-electron chi connectivity index (χ4n) is 2.07. The van der Waals surface area contributed by atoms with Gasteiger partial charge in [-0.05, 0) is 30.3 Å². The van der Waals surface area contributed by atoms with Gasteiger partial charge in [-0.1, -0.05) is 18.2 Å². The predicted molar refractivity (Wildman–Crippen MR) is 89.6 cm³/mol. The lowest BCUT2D eigenvalue weighted by atomic mass is 10.1. The van der Waals surface area contributed by atoms with Crippen LogP contribution >= 0.6 is 0 Å². The zero-order valence-electron chi connectivity index (χ0n) is 13.1. The maximum atomic E-state index is 11.9. The van der Waals surface area contributed by atoms with E-state index in [1.165, 1.54) is 6.92 Å². The molecule has 0 radical (unpaired) electrons. The second kappa shape index (κ2) is 7.84. The van der Waals surface area contributed by atoms with Gasteiger partial charge in [0.05, 0.1) is 7.11 Å². The lowest BCUT2D eigenvalue weighted by molar-refractivity contribution is -0.114.